The van der Waals surface area contributed by atoms with Crippen molar-refractivity contribution >= 4 is 11.7 Å². The molecule has 1 N–H and O–H groups in total. The summed E-state index contributed by atoms with van der Waals surface area (Å²) in [5.41, 5.74) is 4.73. The van der Waals surface area contributed by atoms with Crippen LogP contribution in [-0.4, -0.2) is 63.7 Å². The molecule has 0 bridgehead atoms. The molecule has 8 heteroatoms. The number of nitrogens with zero attached hydrogens (tertiary/aromatic N) is 5. The number of fused-ring (bicyclic) bond motifs is 1. The number of halogens is 1. The number of hydrogen-bond acceptors (Lipinski definition) is 5. The zero-order valence-electron chi connectivity index (χ0n) is 18.9. The molecule has 0 spiro atoms. The SMILES string of the molecule is CN1CCn2nc(-c3ccc(F)cc3)c(-c3ccnc(NC(=O)CN4CCCCC4)c3)c2C1. The van der Waals surface area contributed by atoms with Gasteiger partial charge in [0.15, 0.2) is 0 Å². The molecule has 0 aliphatic carbocycles. The molecule has 0 radical (unpaired) electrons. The van der Waals surface area contributed by atoms with Crippen molar-refractivity contribution in [2.45, 2.75) is 32.4 Å². The first kappa shape index (κ1) is 21.7. The summed E-state index contributed by atoms with van der Waals surface area (Å²) in [6.45, 7) is 4.81. The van der Waals surface area contributed by atoms with Gasteiger partial charge in [0, 0.05) is 30.4 Å². The summed E-state index contributed by atoms with van der Waals surface area (Å²) >= 11 is 0. The van der Waals surface area contributed by atoms with E-state index in [1.807, 2.05) is 16.8 Å². The Morgan fingerprint density at radius 3 is 2.61 bits per heavy atom. The van der Waals surface area contributed by atoms with Crippen LogP contribution in [-0.2, 0) is 17.9 Å². The van der Waals surface area contributed by atoms with Gasteiger partial charge in [-0.2, -0.15) is 5.10 Å². The molecule has 7 nitrogen and oxygen atoms in total. The second kappa shape index (κ2) is 9.41. The Kier molecular flexibility index (Phi) is 6.20. The third-order valence-corrected chi connectivity index (χ3v) is 6.42. The van der Waals surface area contributed by atoms with Crippen LogP contribution in [0.4, 0.5) is 10.2 Å². The number of amides is 1. The van der Waals surface area contributed by atoms with Gasteiger partial charge in [-0.1, -0.05) is 6.42 Å². The average molecular weight is 449 g/mol. The number of likely N-dealkylation sites (N-methyl/N-ethyl adjacent to an activating group) is 1. The Labute approximate surface area is 193 Å². The molecule has 2 aliphatic rings. The van der Waals surface area contributed by atoms with Crippen LogP contribution in [0.1, 0.15) is 25.0 Å². The van der Waals surface area contributed by atoms with Crippen LogP contribution < -0.4 is 5.32 Å². The van der Waals surface area contributed by atoms with Gasteiger partial charge in [0.2, 0.25) is 5.91 Å². The molecule has 1 amide bonds. The molecule has 0 unspecified atom stereocenters. The number of benzene rings is 1. The molecule has 1 fully saturated rings. The van der Waals surface area contributed by atoms with Gasteiger partial charge in [0.1, 0.15) is 17.3 Å². The molecule has 33 heavy (non-hydrogen) atoms. The highest BCUT2D eigenvalue weighted by Gasteiger charge is 2.25. The van der Waals surface area contributed by atoms with Gasteiger partial charge in [-0.25, -0.2) is 9.37 Å². The maximum Gasteiger partial charge on any atom is 0.239 e. The maximum atomic E-state index is 13.6. The van der Waals surface area contributed by atoms with E-state index < -0.39 is 0 Å². The molecule has 3 aromatic rings. The molecule has 0 saturated carbocycles. The first-order valence-electron chi connectivity index (χ1n) is 11.6. The predicted molar refractivity (Wildman–Crippen MR) is 126 cm³/mol. The van der Waals surface area contributed by atoms with Crippen molar-refractivity contribution in [2.24, 2.45) is 0 Å². The summed E-state index contributed by atoms with van der Waals surface area (Å²) in [7, 11) is 2.09. The van der Waals surface area contributed by atoms with E-state index in [0.29, 0.717) is 12.4 Å². The van der Waals surface area contributed by atoms with E-state index in [-0.39, 0.29) is 11.7 Å². The summed E-state index contributed by atoms with van der Waals surface area (Å²) in [5, 5.41) is 7.85. The van der Waals surface area contributed by atoms with Crippen molar-refractivity contribution in [3.63, 3.8) is 0 Å². The van der Waals surface area contributed by atoms with Crippen LogP contribution in [0.3, 0.4) is 0 Å². The lowest BCUT2D eigenvalue weighted by molar-refractivity contribution is -0.117. The van der Waals surface area contributed by atoms with E-state index >= 15 is 0 Å². The number of carbonyl (C=O) groups excluding carboxylic acids is 1. The number of rotatable bonds is 5. The fourth-order valence-electron chi connectivity index (χ4n) is 4.71. The quantitative estimate of drug-likeness (QED) is 0.646. The summed E-state index contributed by atoms with van der Waals surface area (Å²) in [4.78, 5) is 21.5. The fraction of sp³-hybridized carbons (Fsp3) is 0.400. The molecule has 5 rings (SSSR count). The molecule has 4 heterocycles. The topological polar surface area (TPSA) is 66.3 Å². The van der Waals surface area contributed by atoms with Gasteiger partial charge in [-0.15, -0.1) is 0 Å². The fourth-order valence-corrected chi connectivity index (χ4v) is 4.71. The lowest BCUT2D eigenvalue weighted by Gasteiger charge is -2.25. The summed E-state index contributed by atoms with van der Waals surface area (Å²) in [6, 6.07) is 10.3. The second-order valence-electron chi connectivity index (χ2n) is 8.95. The predicted octanol–water partition coefficient (Wildman–Crippen LogP) is 3.62. The van der Waals surface area contributed by atoms with Gasteiger partial charge in [-0.05, 0) is 74.9 Å². The highest BCUT2D eigenvalue weighted by molar-refractivity contribution is 5.92. The zero-order valence-corrected chi connectivity index (χ0v) is 18.9. The Bertz CT molecular complexity index is 1140. The lowest BCUT2D eigenvalue weighted by Crippen LogP contribution is -2.36. The Morgan fingerprint density at radius 2 is 1.82 bits per heavy atom. The van der Waals surface area contributed by atoms with Crippen molar-refractivity contribution in [3.05, 3.63) is 54.1 Å². The summed E-state index contributed by atoms with van der Waals surface area (Å²) in [6.07, 6.45) is 5.25. The molecule has 0 atom stereocenters. The molecule has 1 aromatic carbocycles. The largest absolute Gasteiger partial charge is 0.310 e. The van der Waals surface area contributed by atoms with Crippen LogP contribution in [0, 0.1) is 5.82 Å². The highest BCUT2D eigenvalue weighted by atomic mass is 19.1. The van der Waals surface area contributed by atoms with E-state index in [2.05, 4.69) is 27.1 Å². The van der Waals surface area contributed by atoms with Crippen LogP contribution in [0.5, 0.6) is 0 Å². The molecule has 2 aliphatic heterocycles. The van der Waals surface area contributed by atoms with Crippen molar-refractivity contribution < 1.29 is 9.18 Å². The number of nitrogens with one attached hydrogen (secondary N) is 1. The molecule has 1 saturated heterocycles. The van der Waals surface area contributed by atoms with E-state index in [1.54, 1.807) is 18.3 Å². The van der Waals surface area contributed by atoms with E-state index in [0.717, 1.165) is 73.6 Å². The number of piperidine rings is 1. The normalized spacial score (nSPS) is 17.0. The van der Waals surface area contributed by atoms with Crippen LogP contribution in [0.25, 0.3) is 22.4 Å². The number of likely N-dealkylation sites (tertiary alicyclic amines) is 1. The average Bonchev–Trinajstić information content (AvgIpc) is 3.19. The Balaban J connectivity index is 1.46. The van der Waals surface area contributed by atoms with Crippen molar-refractivity contribution in [3.8, 4) is 22.4 Å². The third-order valence-electron chi connectivity index (χ3n) is 6.42. The smallest absolute Gasteiger partial charge is 0.239 e. The van der Waals surface area contributed by atoms with Crippen molar-refractivity contribution in [2.75, 3.05) is 38.5 Å². The summed E-state index contributed by atoms with van der Waals surface area (Å²) < 4.78 is 15.6. The standard InChI is InChI=1S/C25H29FN6O/c1-30-13-14-32-21(16-30)24(25(29-32)18-5-7-20(26)8-6-18)19-9-10-27-22(15-19)28-23(33)17-31-11-3-2-4-12-31/h5-10,15H,2-4,11-14,16-17H2,1H3,(H,27,28,33). The van der Waals surface area contributed by atoms with Crippen molar-refractivity contribution in [1.29, 1.82) is 0 Å². The minimum Gasteiger partial charge on any atom is -0.310 e. The van der Waals surface area contributed by atoms with Gasteiger partial charge in [0.25, 0.3) is 0 Å². The van der Waals surface area contributed by atoms with Crippen LogP contribution in [0.15, 0.2) is 42.6 Å². The number of pyridine rings is 1. The van der Waals surface area contributed by atoms with E-state index in [9.17, 15) is 9.18 Å². The highest BCUT2D eigenvalue weighted by Crippen LogP contribution is 2.37. The molecule has 2 aromatic heterocycles. The summed E-state index contributed by atoms with van der Waals surface area (Å²) in [5.74, 6) is 0.215. The number of hydrogen-bond donors (Lipinski definition) is 1. The Hall–Kier alpha value is -3.10. The van der Waals surface area contributed by atoms with Gasteiger partial charge in [0.05, 0.1) is 18.8 Å². The number of anilines is 1. The second-order valence-corrected chi connectivity index (χ2v) is 8.95. The minimum absolute atomic E-state index is 0.0444. The van der Waals surface area contributed by atoms with Gasteiger partial charge < -0.3 is 5.32 Å². The van der Waals surface area contributed by atoms with E-state index in [1.165, 1.54) is 18.6 Å². The number of aromatic nitrogens is 3. The lowest BCUT2D eigenvalue weighted by atomic mass is 9.98. The zero-order chi connectivity index (χ0) is 22.8. The van der Waals surface area contributed by atoms with Crippen LogP contribution >= 0.6 is 0 Å². The van der Waals surface area contributed by atoms with Crippen LogP contribution in [0.2, 0.25) is 0 Å². The molecule has 172 valence electrons. The first-order valence-corrected chi connectivity index (χ1v) is 11.6. The van der Waals surface area contributed by atoms with Crippen molar-refractivity contribution in [1.82, 2.24) is 24.6 Å². The van der Waals surface area contributed by atoms with E-state index in [4.69, 9.17) is 5.10 Å². The molecular formula is C25H29FN6O. The van der Waals surface area contributed by atoms with Gasteiger partial charge >= 0.3 is 0 Å². The van der Waals surface area contributed by atoms with Gasteiger partial charge in [-0.3, -0.25) is 19.3 Å². The first-order chi connectivity index (χ1) is 16.1. The minimum atomic E-state index is -0.272. The third kappa shape index (κ3) is 4.82. The monoisotopic (exact) mass is 448 g/mol. The Morgan fingerprint density at radius 1 is 1.03 bits per heavy atom. The number of carbonyl (C=O) groups is 1. The molecular weight excluding hydrogens is 419 g/mol. The maximum absolute atomic E-state index is 13.6.